The number of aryl methyl sites for hydroxylation is 1. The Hall–Kier alpha value is -2.19. The fourth-order valence-electron chi connectivity index (χ4n) is 2.36. The van der Waals surface area contributed by atoms with Gasteiger partial charge in [0.1, 0.15) is 12.2 Å². The highest BCUT2D eigenvalue weighted by Gasteiger charge is 2.24. The highest BCUT2D eigenvalue weighted by atomic mass is 19.3. The second kappa shape index (κ2) is 7.14. The van der Waals surface area contributed by atoms with Gasteiger partial charge < -0.3 is 5.32 Å². The number of hydrogen-bond donors (Lipinski definition) is 1. The Bertz CT molecular complexity index is 745. The first-order chi connectivity index (χ1) is 11.2. The number of hydrogen-bond acceptors (Lipinski definition) is 3. The van der Waals surface area contributed by atoms with E-state index < -0.39 is 30.0 Å². The van der Waals surface area contributed by atoms with Crippen molar-refractivity contribution in [1.29, 1.82) is 0 Å². The zero-order chi connectivity index (χ0) is 18.0. The molecule has 0 saturated carbocycles. The van der Waals surface area contributed by atoms with E-state index in [9.17, 15) is 22.4 Å². The minimum absolute atomic E-state index is 0.00531. The number of carbonyl (C=O) groups excluding carboxylic acids is 1. The lowest BCUT2D eigenvalue weighted by molar-refractivity contribution is -0.122. The maximum atomic E-state index is 13.2. The minimum Gasteiger partial charge on any atom is -0.352 e. The van der Waals surface area contributed by atoms with Gasteiger partial charge >= 0.3 is 0 Å². The van der Waals surface area contributed by atoms with Crippen molar-refractivity contribution in [3.05, 3.63) is 23.0 Å². The first-order valence-electron chi connectivity index (χ1n) is 7.48. The molecule has 5 nitrogen and oxygen atoms in total. The van der Waals surface area contributed by atoms with Crippen LogP contribution in [0.4, 0.5) is 17.6 Å². The first-order valence-corrected chi connectivity index (χ1v) is 7.48. The van der Waals surface area contributed by atoms with Gasteiger partial charge in [-0.05, 0) is 26.3 Å². The van der Waals surface area contributed by atoms with Gasteiger partial charge in [0, 0.05) is 11.6 Å². The van der Waals surface area contributed by atoms with Crippen LogP contribution >= 0.6 is 0 Å². The molecule has 1 atom stereocenters. The summed E-state index contributed by atoms with van der Waals surface area (Å²) in [5, 5.41) is 6.73. The Labute approximate surface area is 136 Å². The molecule has 0 radical (unpaired) electrons. The molecule has 0 aliphatic carbocycles. The molecule has 1 amide bonds. The van der Waals surface area contributed by atoms with Crippen molar-refractivity contribution in [3.63, 3.8) is 0 Å². The van der Waals surface area contributed by atoms with E-state index in [0.29, 0.717) is 12.5 Å². The Morgan fingerprint density at radius 3 is 2.50 bits per heavy atom. The number of alkyl halides is 4. The highest BCUT2D eigenvalue weighted by Crippen LogP contribution is 2.32. The van der Waals surface area contributed by atoms with E-state index in [4.69, 9.17) is 0 Å². The lowest BCUT2D eigenvalue weighted by Crippen LogP contribution is -2.34. The number of aromatic nitrogens is 3. The number of amides is 1. The lowest BCUT2D eigenvalue weighted by atomic mass is 10.1. The predicted octanol–water partition coefficient (Wildman–Crippen LogP) is 3.53. The summed E-state index contributed by atoms with van der Waals surface area (Å²) in [6, 6.07) is 0.622. The summed E-state index contributed by atoms with van der Waals surface area (Å²) in [5.41, 5.74) is -1.24. The van der Waals surface area contributed by atoms with Gasteiger partial charge in [0.25, 0.3) is 12.9 Å². The monoisotopic (exact) mass is 346 g/mol. The fraction of sp³-hybridized carbons (Fsp3) is 0.533. The number of nitrogens with zero attached hydrogens (tertiary/aromatic N) is 3. The maximum Gasteiger partial charge on any atom is 0.280 e. The minimum atomic E-state index is -3.00. The quantitative estimate of drug-likeness (QED) is 0.814. The smallest absolute Gasteiger partial charge is 0.280 e. The fourth-order valence-corrected chi connectivity index (χ4v) is 2.36. The summed E-state index contributed by atoms with van der Waals surface area (Å²) < 4.78 is 53.4. The maximum absolute atomic E-state index is 13.2. The summed E-state index contributed by atoms with van der Waals surface area (Å²) in [6.45, 7) is 4.90. The van der Waals surface area contributed by atoms with E-state index in [1.807, 2.05) is 13.8 Å². The molecule has 2 aromatic heterocycles. The summed E-state index contributed by atoms with van der Waals surface area (Å²) >= 11 is 0. The van der Waals surface area contributed by atoms with Crippen molar-refractivity contribution in [2.75, 3.05) is 0 Å². The Balaban J connectivity index is 2.50. The largest absolute Gasteiger partial charge is 0.352 e. The molecule has 2 heterocycles. The molecule has 1 unspecified atom stereocenters. The van der Waals surface area contributed by atoms with E-state index in [1.165, 1.54) is 6.92 Å². The molecule has 1 N–H and O–H groups in total. The van der Waals surface area contributed by atoms with E-state index in [0.717, 1.165) is 4.68 Å². The molecule has 9 heteroatoms. The molecule has 0 aliphatic rings. The summed E-state index contributed by atoms with van der Waals surface area (Å²) in [7, 11) is 0. The summed E-state index contributed by atoms with van der Waals surface area (Å²) in [6.07, 6.45) is -5.23. The zero-order valence-electron chi connectivity index (χ0n) is 13.5. The van der Waals surface area contributed by atoms with Crippen LogP contribution in [0.3, 0.4) is 0 Å². The number of rotatable bonds is 6. The summed E-state index contributed by atoms with van der Waals surface area (Å²) in [4.78, 5) is 15.7. The molecule has 0 aliphatic heterocycles. The number of carbonyl (C=O) groups is 1. The van der Waals surface area contributed by atoms with Gasteiger partial charge in [-0.2, -0.15) is 5.10 Å². The van der Waals surface area contributed by atoms with Crippen LogP contribution in [0.2, 0.25) is 0 Å². The average Bonchev–Trinajstić information content (AvgIpc) is 2.82. The third-order valence-electron chi connectivity index (χ3n) is 3.70. The predicted molar refractivity (Wildman–Crippen MR) is 80.1 cm³/mol. The second-order valence-electron chi connectivity index (χ2n) is 5.56. The van der Waals surface area contributed by atoms with Gasteiger partial charge in [0.15, 0.2) is 5.65 Å². The molecule has 132 valence electrons. The van der Waals surface area contributed by atoms with Crippen molar-refractivity contribution < 1.29 is 22.4 Å². The van der Waals surface area contributed by atoms with Crippen LogP contribution < -0.4 is 5.32 Å². The average molecular weight is 346 g/mol. The van der Waals surface area contributed by atoms with Crippen molar-refractivity contribution in [2.45, 2.75) is 52.6 Å². The van der Waals surface area contributed by atoms with Crippen molar-refractivity contribution in [2.24, 2.45) is 0 Å². The molecule has 2 aromatic rings. The van der Waals surface area contributed by atoms with Crippen LogP contribution in [0.5, 0.6) is 0 Å². The lowest BCUT2D eigenvalue weighted by Gasteiger charge is -2.12. The van der Waals surface area contributed by atoms with Crippen molar-refractivity contribution in [1.82, 2.24) is 20.1 Å². The number of fused-ring (bicyclic) bond motifs is 1. The Morgan fingerprint density at radius 2 is 1.96 bits per heavy atom. The molecule has 2 rings (SSSR count). The standard InChI is InChI=1S/C15H18F4N4O/c1-4-7(2)20-11(24)6-23-15-12(8(3)22-23)9(13(16)17)5-10(21-15)14(18)19/h5,7,13-14H,4,6H2,1-3H3,(H,20,24). The number of pyridine rings is 1. The second-order valence-corrected chi connectivity index (χ2v) is 5.56. The summed E-state index contributed by atoms with van der Waals surface area (Å²) in [5.74, 6) is -0.392. The molecule has 0 saturated heterocycles. The van der Waals surface area contributed by atoms with E-state index in [1.54, 1.807) is 0 Å². The number of halogens is 4. The van der Waals surface area contributed by atoms with Gasteiger partial charge in [0.05, 0.1) is 11.1 Å². The van der Waals surface area contributed by atoms with Crippen LogP contribution in [0.15, 0.2) is 6.07 Å². The number of nitrogens with one attached hydrogen (secondary N) is 1. The van der Waals surface area contributed by atoms with Crippen LogP contribution in [0.1, 0.15) is 50.1 Å². The molecule has 0 bridgehead atoms. The van der Waals surface area contributed by atoms with Crippen molar-refractivity contribution in [3.8, 4) is 0 Å². The van der Waals surface area contributed by atoms with Crippen LogP contribution in [-0.2, 0) is 11.3 Å². The third-order valence-corrected chi connectivity index (χ3v) is 3.70. The normalized spacial score (nSPS) is 13.0. The Morgan fingerprint density at radius 1 is 1.29 bits per heavy atom. The molecule has 0 aromatic carbocycles. The van der Waals surface area contributed by atoms with E-state index in [-0.39, 0.29) is 29.3 Å². The molecular weight excluding hydrogens is 328 g/mol. The van der Waals surface area contributed by atoms with Crippen LogP contribution in [0.25, 0.3) is 11.0 Å². The van der Waals surface area contributed by atoms with E-state index >= 15 is 0 Å². The molecule has 24 heavy (non-hydrogen) atoms. The van der Waals surface area contributed by atoms with Gasteiger partial charge in [-0.25, -0.2) is 27.2 Å². The van der Waals surface area contributed by atoms with Gasteiger partial charge in [0.2, 0.25) is 5.91 Å². The van der Waals surface area contributed by atoms with Gasteiger partial charge in [-0.15, -0.1) is 0 Å². The highest BCUT2D eigenvalue weighted by molar-refractivity contribution is 5.84. The zero-order valence-corrected chi connectivity index (χ0v) is 13.5. The van der Waals surface area contributed by atoms with Crippen LogP contribution in [-0.4, -0.2) is 26.7 Å². The van der Waals surface area contributed by atoms with Crippen molar-refractivity contribution >= 4 is 16.9 Å². The Kier molecular flexibility index (Phi) is 5.40. The van der Waals surface area contributed by atoms with Gasteiger partial charge in [-0.1, -0.05) is 6.92 Å². The molecule has 0 spiro atoms. The van der Waals surface area contributed by atoms with Gasteiger partial charge in [-0.3, -0.25) is 4.79 Å². The van der Waals surface area contributed by atoms with Crippen LogP contribution in [0, 0.1) is 6.92 Å². The molecule has 0 fully saturated rings. The topological polar surface area (TPSA) is 59.8 Å². The third kappa shape index (κ3) is 3.65. The first kappa shape index (κ1) is 18.2. The SMILES string of the molecule is CCC(C)NC(=O)Cn1nc(C)c2c(C(F)F)cc(C(F)F)nc21. The molecular formula is C15H18F4N4O. The van der Waals surface area contributed by atoms with E-state index in [2.05, 4.69) is 15.4 Å².